The van der Waals surface area contributed by atoms with Gasteiger partial charge in [-0.1, -0.05) is 0 Å². The number of aryl methyl sites for hydroxylation is 1. The van der Waals surface area contributed by atoms with Gasteiger partial charge >= 0.3 is 0 Å². The summed E-state index contributed by atoms with van der Waals surface area (Å²) in [7, 11) is 0. The summed E-state index contributed by atoms with van der Waals surface area (Å²) in [6.07, 6.45) is 2.08. The maximum absolute atomic E-state index is 11.7. The summed E-state index contributed by atoms with van der Waals surface area (Å²) in [4.78, 5) is 3.98. The van der Waals surface area contributed by atoms with Crippen LogP contribution >= 0.6 is 15.9 Å². The van der Waals surface area contributed by atoms with Gasteiger partial charge in [0.05, 0.1) is 6.67 Å². The number of alkyl halides is 1. The Morgan fingerprint density at radius 1 is 1.50 bits per heavy atom. The molecular formula is C7H7BrFN. The molecular weight excluding hydrogens is 197 g/mol. The molecule has 0 saturated carbocycles. The number of aromatic nitrogens is 1. The van der Waals surface area contributed by atoms with E-state index in [1.54, 1.807) is 6.20 Å². The zero-order valence-electron chi connectivity index (χ0n) is 5.35. The fraction of sp³-hybridized carbons (Fsp3) is 0.286. The van der Waals surface area contributed by atoms with Crippen LogP contribution in [0.2, 0.25) is 0 Å². The molecule has 0 fully saturated rings. The van der Waals surface area contributed by atoms with Crippen molar-refractivity contribution in [1.29, 1.82) is 0 Å². The largest absolute Gasteiger partial charge is 0.260 e. The highest BCUT2D eigenvalue weighted by Crippen LogP contribution is 2.07. The van der Waals surface area contributed by atoms with Gasteiger partial charge in [0.15, 0.2) is 0 Å². The van der Waals surface area contributed by atoms with Crippen LogP contribution in [-0.4, -0.2) is 11.7 Å². The molecule has 0 aromatic carbocycles. The molecule has 1 heterocycles. The van der Waals surface area contributed by atoms with E-state index in [0.717, 1.165) is 10.2 Å². The van der Waals surface area contributed by atoms with Crippen LogP contribution in [0.5, 0.6) is 0 Å². The average molecular weight is 204 g/mol. The highest BCUT2D eigenvalue weighted by molar-refractivity contribution is 9.10. The molecule has 1 rings (SSSR count). The van der Waals surface area contributed by atoms with Crippen molar-refractivity contribution in [1.82, 2.24) is 4.98 Å². The van der Waals surface area contributed by atoms with E-state index in [-0.39, 0.29) is 6.67 Å². The number of pyridine rings is 1. The first-order valence-electron chi connectivity index (χ1n) is 2.99. The Kier molecular flexibility index (Phi) is 2.81. The Morgan fingerprint density at radius 3 is 2.80 bits per heavy atom. The van der Waals surface area contributed by atoms with Crippen LogP contribution in [0.15, 0.2) is 22.8 Å². The van der Waals surface area contributed by atoms with E-state index >= 15 is 0 Å². The van der Waals surface area contributed by atoms with Gasteiger partial charge in [-0.15, -0.1) is 0 Å². The summed E-state index contributed by atoms with van der Waals surface area (Å²) < 4.78 is 12.7. The second-order valence-electron chi connectivity index (χ2n) is 1.91. The fourth-order valence-corrected chi connectivity index (χ4v) is 0.886. The number of halogens is 2. The molecule has 0 unspecified atom stereocenters. The lowest BCUT2D eigenvalue weighted by Crippen LogP contribution is -1.89. The minimum atomic E-state index is -0.339. The second-order valence-corrected chi connectivity index (χ2v) is 2.82. The van der Waals surface area contributed by atoms with Crippen molar-refractivity contribution in [3.05, 3.63) is 28.5 Å². The maximum atomic E-state index is 11.7. The fourth-order valence-electron chi connectivity index (χ4n) is 0.651. The molecule has 0 N–H and O–H groups in total. The lowest BCUT2D eigenvalue weighted by atomic mass is 10.3. The number of hydrogen-bond acceptors (Lipinski definition) is 1. The Morgan fingerprint density at radius 2 is 2.30 bits per heavy atom. The van der Waals surface area contributed by atoms with Gasteiger partial charge in [0.2, 0.25) is 0 Å². The summed E-state index contributed by atoms with van der Waals surface area (Å²) in [6, 6.07) is 3.67. The third-order valence-corrected chi connectivity index (χ3v) is 1.61. The van der Waals surface area contributed by atoms with Crippen LogP contribution in [-0.2, 0) is 6.42 Å². The first-order valence-corrected chi connectivity index (χ1v) is 3.78. The number of nitrogens with zero attached hydrogens (tertiary/aromatic N) is 1. The first-order chi connectivity index (χ1) is 4.83. The van der Waals surface area contributed by atoms with E-state index in [2.05, 4.69) is 20.9 Å². The van der Waals surface area contributed by atoms with Gasteiger partial charge in [0, 0.05) is 22.8 Å². The lowest BCUT2D eigenvalue weighted by molar-refractivity contribution is 0.492. The molecule has 1 nitrogen and oxygen atoms in total. The third kappa shape index (κ3) is 2.06. The van der Waals surface area contributed by atoms with Crippen LogP contribution in [0.1, 0.15) is 5.69 Å². The van der Waals surface area contributed by atoms with Crippen LogP contribution in [0.25, 0.3) is 0 Å². The van der Waals surface area contributed by atoms with E-state index in [9.17, 15) is 4.39 Å². The van der Waals surface area contributed by atoms with Crippen molar-refractivity contribution < 1.29 is 4.39 Å². The molecule has 0 saturated heterocycles. The normalized spacial score (nSPS) is 9.80. The monoisotopic (exact) mass is 203 g/mol. The molecule has 0 radical (unpaired) electrons. The van der Waals surface area contributed by atoms with Gasteiger partial charge in [-0.05, 0) is 28.1 Å². The van der Waals surface area contributed by atoms with Gasteiger partial charge in [-0.25, -0.2) is 0 Å². The van der Waals surface area contributed by atoms with E-state index < -0.39 is 0 Å². The highest BCUT2D eigenvalue weighted by Gasteiger charge is 1.91. The van der Waals surface area contributed by atoms with Gasteiger partial charge < -0.3 is 0 Å². The van der Waals surface area contributed by atoms with Crippen LogP contribution in [0.3, 0.4) is 0 Å². The molecule has 0 aliphatic rings. The molecule has 54 valence electrons. The van der Waals surface area contributed by atoms with Crippen molar-refractivity contribution in [3.8, 4) is 0 Å². The minimum absolute atomic E-state index is 0.339. The molecule has 0 aliphatic heterocycles. The molecule has 0 spiro atoms. The maximum Gasteiger partial charge on any atom is 0.0949 e. The Labute approximate surface area is 67.4 Å². The zero-order chi connectivity index (χ0) is 7.40. The van der Waals surface area contributed by atoms with Crippen molar-refractivity contribution in [2.45, 2.75) is 6.42 Å². The minimum Gasteiger partial charge on any atom is -0.260 e. The number of rotatable bonds is 2. The van der Waals surface area contributed by atoms with Crippen LogP contribution < -0.4 is 0 Å². The third-order valence-electron chi connectivity index (χ3n) is 1.14. The van der Waals surface area contributed by atoms with Crippen molar-refractivity contribution in [2.75, 3.05) is 6.67 Å². The lowest BCUT2D eigenvalue weighted by Gasteiger charge is -1.94. The Hall–Kier alpha value is -0.440. The average Bonchev–Trinajstić information content (AvgIpc) is 1.95. The molecule has 10 heavy (non-hydrogen) atoms. The predicted molar refractivity (Wildman–Crippen MR) is 41.6 cm³/mol. The highest BCUT2D eigenvalue weighted by atomic mass is 79.9. The first kappa shape index (κ1) is 7.66. The van der Waals surface area contributed by atoms with Crippen LogP contribution in [0.4, 0.5) is 4.39 Å². The van der Waals surface area contributed by atoms with Crippen molar-refractivity contribution >= 4 is 15.9 Å². The molecule has 1 aromatic heterocycles. The van der Waals surface area contributed by atoms with E-state index in [0.29, 0.717) is 6.42 Å². The molecule has 0 amide bonds. The number of hydrogen-bond donors (Lipinski definition) is 0. The van der Waals surface area contributed by atoms with Crippen LogP contribution in [0, 0.1) is 0 Å². The molecule has 1 aromatic rings. The molecule has 3 heteroatoms. The summed E-state index contributed by atoms with van der Waals surface area (Å²) in [6.45, 7) is -0.339. The van der Waals surface area contributed by atoms with Gasteiger partial charge in [-0.3, -0.25) is 9.37 Å². The zero-order valence-corrected chi connectivity index (χ0v) is 6.94. The quantitative estimate of drug-likeness (QED) is 0.720. The summed E-state index contributed by atoms with van der Waals surface area (Å²) >= 11 is 3.24. The Bertz CT molecular complexity index is 197. The second kappa shape index (κ2) is 3.66. The summed E-state index contributed by atoms with van der Waals surface area (Å²) in [5.74, 6) is 0. The summed E-state index contributed by atoms with van der Waals surface area (Å²) in [5.41, 5.74) is 0.797. The van der Waals surface area contributed by atoms with Gasteiger partial charge in [0.1, 0.15) is 0 Å². The van der Waals surface area contributed by atoms with Crippen molar-refractivity contribution in [3.63, 3.8) is 0 Å². The topological polar surface area (TPSA) is 12.9 Å². The Balaban J connectivity index is 2.69. The van der Waals surface area contributed by atoms with Gasteiger partial charge in [-0.2, -0.15) is 0 Å². The van der Waals surface area contributed by atoms with E-state index in [1.807, 2.05) is 12.1 Å². The molecule has 0 aliphatic carbocycles. The molecule has 0 atom stereocenters. The van der Waals surface area contributed by atoms with E-state index in [4.69, 9.17) is 0 Å². The predicted octanol–water partition coefficient (Wildman–Crippen LogP) is 2.36. The van der Waals surface area contributed by atoms with E-state index in [1.165, 1.54) is 0 Å². The standard InChI is InChI=1S/C7H7BrFN/c8-6-1-2-7(3-4-9)10-5-6/h1-2,5H,3-4H2. The summed E-state index contributed by atoms with van der Waals surface area (Å²) in [5, 5.41) is 0. The SMILES string of the molecule is FCCc1ccc(Br)cn1. The molecule has 0 bridgehead atoms. The smallest absolute Gasteiger partial charge is 0.0949 e. The van der Waals surface area contributed by atoms with Gasteiger partial charge in [0.25, 0.3) is 0 Å². The van der Waals surface area contributed by atoms with Crippen molar-refractivity contribution in [2.24, 2.45) is 0 Å².